The third-order valence-electron chi connectivity index (χ3n) is 3.04. The molecule has 2 amide bonds. The van der Waals surface area contributed by atoms with Gasteiger partial charge in [-0.3, -0.25) is 0 Å². The molecule has 0 aliphatic rings. The van der Waals surface area contributed by atoms with Gasteiger partial charge in [-0.25, -0.2) is 9.78 Å². The molecule has 0 radical (unpaired) electrons. The zero-order chi connectivity index (χ0) is 15.8. The van der Waals surface area contributed by atoms with Gasteiger partial charge in [0, 0.05) is 30.8 Å². The van der Waals surface area contributed by atoms with E-state index in [1.807, 2.05) is 38.1 Å². The van der Waals surface area contributed by atoms with Crippen LogP contribution in [-0.4, -0.2) is 23.7 Å². The minimum Gasteiger partial charge on any atom is -0.478 e. The minimum atomic E-state index is -0.231. The fraction of sp³-hybridized carbons (Fsp3) is 0.375. The van der Waals surface area contributed by atoms with Crippen molar-refractivity contribution in [2.45, 2.75) is 32.9 Å². The number of nitrogens with one attached hydrogen (secondary N) is 2. The van der Waals surface area contributed by atoms with Crippen LogP contribution in [0.1, 0.15) is 25.2 Å². The molecule has 0 aromatic carbocycles. The summed E-state index contributed by atoms with van der Waals surface area (Å²) in [6, 6.07) is 7.17. The highest BCUT2D eigenvalue weighted by molar-refractivity contribution is 5.74. The molecular formula is C16H21N3O3. The van der Waals surface area contributed by atoms with Gasteiger partial charge in [0.15, 0.2) is 0 Å². The molecule has 0 fully saturated rings. The highest BCUT2D eigenvalue weighted by Crippen LogP contribution is 2.13. The zero-order valence-corrected chi connectivity index (χ0v) is 12.8. The Kier molecular flexibility index (Phi) is 5.82. The molecule has 1 unspecified atom stereocenters. The van der Waals surface area contributed by atoms with Gasteiger partial charge >= 0.3 is 6.03 Å². The van der Waals surface area contributed by atoms with Gasteiger partial charge < -0.3 is 19.8 Å². The van der Waals surface area contributed by atoms with E-state index in [9.17, 15) is 4.79 Å². The first-order chi connectivity index (χ1) is 10.7. The third kappa shape index (κ3) is 4.80. The van der Waals surface area contributed by atoms with E-state index < -0.39 is 0 Å². The maximum atomic E-state index is 11.9. The van der Waals surface area contributed by atoms with Crippen LogP contribution in [0.5, 0.6) is 5.88 Å². The van der Waals surface area contributed by atoms with Crippen LogP contribution in [0, 0.1) is 0 Å². The summed E-state index contributed by atoms with van der Waals surface area (Å²) in [6.07, 6.45) is 3.94. The number of furan rings is 1. The summed E-state index contributed by atoms with van der Waals surface area (Å²) in [5.41, 5.74) is 0.846. The predicted octanol–water partition coefficient (Wildman–Crippen LogP) is 2.50. The number of pyridine rings is 1. The first-order valence-corrected chi connectivity index (χ1v) is 7.32. The molecule has 0 spiro atoms. The van der Waals surface area contributed by atoms with Crippen molar-refractivity contribution in [2.24, 2.45) is 0 Å². The maximum Gasteiger partial charge on any atom is 0.315 e. The Bertz CT molecular complexity index is 584. The number of carbonyl (C=O) groups excluding carboxylic acids is 1. The Balaban J connectivity index is 1.80. The van der Waals surface area contributed by atoms with Gasteiger partial charge in [-0.1, -0.05) is 6.07 Å². The fourth-order valence-corrected chi connectivity index (χ4v) is 2.06. The monoisotopic (exact) mass is 303 g/mol. The molecule has 2 heterocycles. The number of hydrogen-bond donors (Lipinski definition) is 2. The van der Waals surface area contributed by atoms with E-state index in [0.29, 0.717) is 25.5 Å². The predicted molar refractivity (Wildman–Crippen MR) is 82.7 cm³/mol. The standard InChI is InChI=1S/C16H21N3O3/c1-3-21-15-13(6-4-8-17-15)11-18-16(20)19-12(2)10-14-7-5-9-22-14/h4-9,12H,3,10-11H2,1-2H3,(H2,18,19,20). The maximum absolute atomic E-state index is 11.9. The molecule has 6 nitrogen and oxygen atoms in total. The number of ether oxygens (including phenoxy) is 1. The smallest absolute Gasteiger partial charge is 0.315 e. The Hall–Kier alpha value is -2.50. The first-order valence-electron chi connectivity index (χ1n) is 7.32. The number of carbonyl (C=O) groups is 1. The normalized spacial score (nSPS) is 11.7. The van der Waals surface area contributed by atoms with Gasteiger partial charge in [0.1, 0.15) is 5.76 Å². The number of urea groups is 1. The molecule has 2 aromatic rings. The summed E-state index contributed by atoms with van der Waals surface area (Å²) in [4.78, 5) is 16.1. The molecular weight excluding hydrogens is 282 g/mol. The van der Waals surface area contributed by atoms with Crippen molar-refractivity contribution < 1.29 is 13.9 Å². The second kappa shape index (κ2) is 8.07. The average Bonchev–Trinajstić information content (AvgIpc) is 2.99. The van der Waals surface area contributed by atoms with E-state index in [0.717, 1.165) is 11.3 Å². The molecule has 6 heteroatoms. The molecule has 2 rings (SSSR count). The summed E-state index contributed by atoms with van der Waals surface area (Å²) in [5, 5.41) is 5.68. The van der Waals surface area contributed by atoms with Crippen molar-refractivity contribution in [3.8, 4) is 5.88 Å². The second-order valence-corrected chi connectivity index (χ2v) is 4.91. The Morgan fingerprint density at radius 3 is 3.00 bits per heavy atom. The van der Waals surface area contributed by atoms with Crippen molar-refractivity contribution in [1.82, 2.24) is 15.6 Å². The van der Waals surface area contributed by atoms with E-state index in [1.165, 1.54) is 0 Å². The van der Waals surface area contributed by atoms with E-state index >= 15 is 0 Å². The molecule has 0 saturated carbocycles. The van der Waals surface area contributed by atoms with Crippen LogP contribution in [0.15, 0.2) is 41.1 Å². The Morgan fingerprint density at radius 1 is 1.41 bits per heavy atom. The quantitative estimate of drug-likeness (QED) is 0.824. The van der Waals surface area contributed by atoms with Crippen molar-refractivity contribution in [2.75, 3.05) is 6.61 Å². The molecule has 0 aliphatic heterocycles. The van der Waals surface area contributed by atoms with Crippen LogP contribution in [0.25, 0.3) is 0 Å². The average molecular weight is 303 g/mol. The molecule has 118 valence electrons. The summed E-state index contributed by atoms with van der Waals surface area (Å²) >= 11 is 0. The van der Waals surface area contributed by atoms with Gasteiger partial charge in [-0.05, 0) is 32.0 Å². The summed E-state index contributed by atoms with van der Waals surface area (Å²) in [7, 11) is 0. The fourth-order valence-electron chi connectivity index (χ4n) is 2.06. The number of nitrogens with zero attached hydrogens (tertiary/aromatic N) is 1. The number of aromatic nitrogens is 1. The van der Waals surface area contributed by atoms with Crippen LogP contribution >= 0.6 is 0 Å². The van der Waals surface area contributed by atoms with Gasteiger partial charge in [-0.15, -0.1) is 0 Å². The van der Waals surface area contributed by atoms with E-state index in [2.05, 4.69) is 15.6 Å². The highest BCUT2D eigenvalue weighted by Gasteiger charge is 2.10. The SMILES string of the molecule is CCOc1ncccc1CNC(=O)NC(C)Cc1ccco1. The molecule has 1 atom stereocenters. The van der Waals surface area contributed by atoms with Gasteiger partial charge in [0.25, 0.3) is 0 Å². The number of hydrogen-bond acceptors (Lipinski definition) is 4. The van der Waals surface area contributed by atoms with E-state index in [4.69, 9.17) is 9.15 Å². The van der Waals surface area contributed by atoms with Crippen LogP contribution in [0.2, 0.25) is 0 Å². The Morgan fingerprint density at radius 2 is 2.27 bits per heavy atom. The lowest BCUT2D eigenvalue weighted by molar-refractivity contribution is 0.236. The molecule has 22 heavy (non-hydrogen) atoms. The summed E-state index contributed by atoms with van der Waals surface area (Å²) in [5.74, 6) is 1.40. The lowest BCUT2D eigenvalue weighted by Gasteiger charge is -2.14. The molecule has 0 bridgehead atoms. The van der Waals surface area contributed by atoms with Crippen LogP contribution < -0.4 is 15.4 Å². The zero-order valence-electron chi connectivity index (χ0n) is 12.8. The largest absolute Gasteiger partial charge is 0.478 e. The minimum absolute atomic E-state index is 0.0218. The lowest BCUT2D eigenvalue weighted by Crippen LogP contribution is -2.41. The molecule has 0 saturated heterocycles. The first kappa shape index (κ1) is 15.9. The van der Waals surface area contributed by atoms with Crippen LogP contribution in [0.3, 0.4) is 0 Å². The molecule has 0 aliphatic carbocycles. The van der Waals surface area contributed by atoms with Crippen molar-refractivity contribution >= 4 is 6.03 Å². The van der Waals surface area contributed by atoms with Crippen molar-refractivity contribution in [1.29, 1.82) is 0 Å². The lowest BCUT2D eigenvalue weighted by atomic mass is 10.2. The van der Waals surface area contributed by atoms with E-state index in [1.54, 1.807) is 12.5 Å². The van der Waals surface area contributed by atoms with Gasteiger partial charge in [0.05, 0.1) is 12.9 Å². The molecule has 2 aromatic heterocycles. The topological polar surface area (TPSA) is 76.4 Å². The van der Waals surface area contributed by atoms with Crippen molar-refractivity contribution in [3.05, 3.63) is 48.0 Å². The van der Waals surface area contributed by atoms with Gasteiger partial charge in [0.2, 0.25) is 5.88 Å². The van der Waals surface area contributed by atoms with E-state index in [-0.39, 0.29) is 12.1 Å². The van der Waals surface area contributed by atoms with Gasteiger partial charge in [-0.2, -0.15) is 0 Å². The number of amides is 2. The summed E-state index contributed by atoms with van der Waals surface area (Å²) in [6.45, 7) is 4.73. The Labute approximate surface area is 129 Å². The second-order valence-electron chi connectivity index (χ2n) is 4.91. The van der Waals surface area contributed by atoms with Crippen LogP contribution in [-0.2, 0) is 13.0 Å². The number of rotatable bonds is 7. The highest BCUT2D eigenvalue weighted by atomic mass is 16.5. The molecule has 2 N–H and O–H groups in total. The van der Waals surface area contributed by atoms with Crippen molar-refractivity contribution in [3.63, 3.8) is 0 Å². The third-order valence-corrected chi connectivity index (χ3v) is 3.04. The van der Waals surface area contributed by atoms with Crippen LogP contribution in [0.4, 0.5) is 4.79 Å². The summed E-state index contributed by atoms with van der Waals surface area (Å²) < 4.78 is 10.7.